The Kier molecular flexibility index (Phi) is 5.21. The summed E-state index contributed by atoms with van der Waals surface area (Å²) in [6.45, 7) is 7.14. The molecular weight excluding hydrogens is 314 g/mol. The highest BCUT2D eigenvalue weighted by Gasteiger charge is 2.07. The molecule has 0 aliphatic carbocycles. The van der Waals surface area contributed by atoms with Crippen LogP contribution < -0.4 is 10.1 Å². The summed E-state index contributed by atoms with van der Waals surface area (Å²) in [7, 11) is 0. The lowest BCUT2D eigenvalue weighted by atomic mass is 10.2. The molecule has 2 nitrogen and oxygen atoms in total. The summed E-state index contributed by atoms with van der Waals surface area (Å²) in [5, 5.41) is 3.42. The van der Waals surface area contributed by atoms with Gasteiger partial charge in [-0.05, 0) is 36.8 Å². The second-order valence-electron chi connectivity index (χ2n) is 5.16. The molecule has 3 heteroatoms. The van der Waals surface area contributed by atoms with E-state index in [4.69, 9.17) is 4.74 Å². The minimum absolute atomic E-state index is 0.456. The predicted octanol–water partition coefficient (Wildman–Crippen LogP) is 5.05. The summed E-state index contributed by atoms with van der Waals surface area (Å²) in [4.78, 5) is 0. The van der Waals surface area contributed by atoms with Crippen molar-refractivity contribution in [3.05, 3.63) is 58.1 Å². The van der Waals surface area contributed by atoms with Crippen LogP contribution in [-0.2, 0) is 6.54 Å². The number of halogens is 1. The molecule has 0 amide bonds. The fourth-order valence-electron chi connectivity index (χ4n) is 1.91. The Morgan fingerprint density at radius 2 is 1.85 bits per heavy atom. The monoisotopic (exact) mass is 333 g/mol. The van der Waals surface area contributed by atoms with E-state index in [-0.39, 0.29) is 0 Å². The van der Waals surface area contributed by atoms with Crippen molar-refractivity contribution in [3.8, 4) is 11.5 Å². The van der Waals surface area contributed by atoms with Crippen LogP contribution in [0.1, 0.15) is 25.0 Å². The van der Waals surface area contributed by atoms with E-state index in [2.05, 4.69) is 54.2 Å². The Labute approximate surface area is 129 Å². The number of ether oxygens (including phenoxy) is 1. The molecule has 2 rings (SSSR count). The molecule has 0 saturated carbocycles. The molecule has 0 saturated heterocycles. The van der Waals surface area contributed by atoms with Gasteiger partial charge in [0.25, 0.3) is 0 Å². The van der Waals surface area contributed by atoms with Gasteiger partial charge in [-0.1, -0.05) is 48.0 Å². The molecule has 0 atom stereocenters. The van der Waals surface area contributed by atoms with Gasteiger partial charge in [-0.25, -0.2) is 0 Å². The van der Waals surface area contributed by atoms with Crippen molar-refractivity contribution in [2.75, 3.05) is 0 Å². The fourth-order valence-corrected chi connectivity index (χ4v) is 2.38. The molecule has 20 heavy (non-hydrogen) atoms. The SMILES string of the molecule is Cc1cc(Br)ccc1Oc1ccccc1CNC(C)C. The highest BCUT2D eigenvalue weighted by Crippen LogP contribution is 2.29. The first kappa shape index (κ1) is 15.1. The van der Waals surface area contributed by atoms with Crippen molar-refractivity contribution in [1.82, 2.24) is 5.32 Å². The average molecular weight is 334 g/mol. The lowest BCUT2D eigenvalue weighted by molar-refractivity contribution is 0.466. The molecule has 0 bridgehead atoms. The molecule has 0 radical (unpaired) electrons. The van der Waals surface area contributed by atoms with Crippen molar-refractivity contribution >= 4 is 15.9 Å². The minimum atomic E-state index is 0.456. The molecule has 1 N–H and O–H groups in total. The molecule has 2 aromatic rings. The van der Waals surface area contributed by atoms with Crippen LogP contribution in [0.2, 0.25) is 0 Å². The Bertz CT molecular complexity index is 581. The number of hydrogen-bond donors (Lipinski definition) is 1. The van der Waals surface area contributed by atoms with Crippen molar-refractivity contribution < 1.29 is 4.74 Å². The summed E-state index contributed by atoms with van der Waals surface area (Å²) in [5.74, 6) is 1.80. The number of benzene rings is 2. The molecule has 0 aliphatic heterocycles. The molecule has 0 spiro atoms. The first-order valence-electron chi connectivity index (χ1n) is 6.81. The lowest BCUT2D eigenvalue weighted by Crippen LogP contribution is -2.22. The van der Waals surface area contributed by atoms with E-state index in [1.807, 2.05) is 30.3 Å². The molecule has 0 fully saturated rings. The zero-order chi connectivity index (χ0) is 14.5. The standard InChI is InChI=1S/C17H20BrNO/c1-12(2)19-11-14-6-4-5-7-17(14)20-16-9-8-15(18)10-13(16)3/h4-10,12,19H,11H2,1-3H3. The van der Waals surface area contributed by atoms with Crippen molar-refractivity contribution in [2.24, 2.45) is 0 Å². The molecule has 106 valence electrons. The van der Waals surface area contributed by atoms with E-state index in [1.54, 1.807) is 0 Å². The first-order chi connectivity index (χ1) is 9.56. The summed E-state index contributed by atoms with van der Waals surface area (Å²) in [5.41, 5.74) is 2.29. The maximum absolute atomic E-state index is 6.07. The second-order valence-corrected chi connectivity index (χ2v) is 6.07. The van der Waals surface area contributed by atoms with Gasteiger partial charge in [-0.2, -0.15) is 0 Å². The molecule has 2 aromatic carbocycles. The van der Waals surface area contributed by atoms with Crippen LogP contribution in [0.5, 0.6) is 11.5 Å². The number of aryl methyl sites for hydroxylation is 1. The van der Waals surface area contributed by atoms with Gasteiger partial charge in [0.15, 0.2) is 0 Å². The Hall–Kier alpha value is -1.32. The number of para-hydroxylation sites is 1. The predicted molar refractivity (Wildman–Crippen MR) is 87.4 cm³/mol. The average Bonchev–Trinajstić information content (AvgIpc) is 2.41. The topological polar surface area (TPSA) is 21.3 Å². The highest BCUT2D eigenvalue weighted by atomic mass is 79.9. The number of nitrogens with one attached hydrogen (secondary N) is 1. The third-order valence-electron chi connectivity index (χ3n) is 3.03. The van der Waals surface area contributed by atoms with Crippen molar-refractivity contribution in [1.29, 1.82) is 0 Å². The van der Waals surface area contributed by atoms with E-state index in [1.165, 1.54) is 5.56 Å². The Balaban J connectivity index is 2.20. The minimum Gasteiger partial charge on any atom is -0.457 e. The van der Waals surface area contributed by atoms with Gasteiger partial charge in [0.1, 0.15) is 11.5 Å². The van der Waals surface area contributed by atoms with E-state index in [0.29, 0.717) is 6.04 Å². The van der Waals surface area contributed by atoms with Gasteiger partial charge >= 0.3 is 0 Å². The van der Waals surface area contributed by atoms with Gasteiger partial charge in [-0.15, -0.1) is 0 Å². The normalized spacial score (nSPS) is 10.8. The zero-order valence-corrected chi connectivity index (χ0v) is 13.7. The third kappa shape index (κ3) is 4.09. The van der Waals surface area contributed by atoms with Crippen LogP contribution >= 0.6 is 15.9 Å². The fraction of sp³-hybridized carbons (Fsp3) is 0.294. The molecular formula is C17H20BrNO. The maximum atomic E-state index is 6.07. The Morgan fingerprint density at radius 1 is 1.10 bits per heavy atom. The summed E-state index contributed by atoms with van der Waals surface area (Å²) in [6.07, 6.45) is 0. The quantitative estimate of drug-likeness (QED) is 0.826. The van der Waals surface area contributed by atoms with Crippen LogP contribution in [0.15, 0.2) is 46.9 Å². The van der Waals surface area contributed by atoms with Gasteiger partial charge in [0.05, 0.1) is 0 Å². The van der Waals surface area contributed by atoms with Gasteiger partial charge in [0.2, 0.25) is 0 Å². The largest absolute Gasteiger partial charge is 0.457 e. The van der Waals surface area contributed by atoms with Crippen LogP contribution in [0.4, 0.5) is 0 Å². The van der Waals surface area contributed by atoms with E-state index in [9.17, 15) is 0 Å². The van der Waals surface area contributed by atoms with E-state index in [0.717, 1.165) is 28.1 Å². The van der Waals surface area contributed by atoms with Gasteiger partial charge in [0, 0.05) is 22.6 Å². The Morgan fingerprint density at radius 3 is 2.55 bits per heavy atom. The van der Waals surface area contributed by atoms with Crippen molar-refractivity contribution in [2.45, 2.75) is 33.4 Å². The second kappa shape index (κ2) is 6.91. The first-order valence-corrected chi connectivity index (χ1v) is 7.61. The summed E-state index contributed by atoms with van der Waals surface area (Å²) in [6, 6.07) is 14.7. The van der Waals surface area contributed by atoms with Crippen LogP contribution in [0.25, 0.3) is 0 Å². The lowest BCUT2D eigenvalue weighted by Gasteiger charge is -2.14. The third-order valence-corrected chi connectivity index (χ3v) is 3.52. The van der Waals surface area contributed by atoms with E-state index >= 15 is 0 Å². The summed E-state index contributed by atoms with van der Waals surface area (Å²) < 4.78 is 7.13. The van der Waals surface area contributed by atoms with Gasteiger partial charge < -0.3 is 10.1 Å². The maximum Gasteiger partial charge on any atom is 0.131 e. The highest BCUT2D eigenvalue weighted by molar-refractivity contribution is 9.10. The van der Waals surface area contributed by atoms with E-state index < -0.39 is 0 Å². The molecule has 0 aromatic heterocycles. The summed E-state index contributed by atoms with van der Waals surface area (Å²) >= 11 is 3.47. The van der Waals surface area contributed by atoms with Crippen LogP contribution in [-0.4, -0.2) is 6.04 Å². The number of hydrogen-bond acceptors (Lipinski definition) is 2. The zero-order valence-electron chi connectivity index (χ0n) is 12.1. The smallest absolute Gasteiger partial charge is 0.131 e. The molecule has 0 aliphatic rings. The van der Waals surface area contributed by atoms with Crippen molar-refractivity contribution in [3.63, 3.8) is 0 Å². The molecule has 0 unspecified atom stereocenters. The van der Waals surface area contributed by atoms with Gasteiger partial charge in [-0.3, -0.25) is 0 Å². The van der Waals surface area contributed by atoms with Crippen LogP contribution in [0, 0.1) is 6.92 Å². The molecule has 0 heterocycles. The number of rotatable bonds is 5. The van der Waals surface area contributed by atoms with Crippen LogP contribution in [0.3, 0.4) is 0 Å².